The van der Waals surface area contributed by atoms with Gasteiger partial charge in [-0.3, -0.25) is 9.69 Å². The van der Waals surface area contributed by atoms with Crippen molar-refractivity contribution in [3.8, 4) is 0 Å². The van der Waals surface area contributed by atoms with E-state index < -0.39 is 0 Å². The fraction of sp³-hybridized carbons (Fsp3) is 0.769. The number of likely N-dealkylation sites (N-methyl/N-ethyl adjacent to an activating group) is 1. The average Bonchev–Trinajstić information content (AvgIpc) is 2.20. The van der Waals surface area contributed by atoms with Crippen LogP contribution in [0.15, 0.2) is 11.6 Å². The molecular formula is C13H21NO. The molecule has 2 rings (SSSR count). The van der Waals surface area contributed by atoms with Crippen molar-refractivity contribution >= 4 is 5.78 Å². The summed E-state index contributed by atoms with van der Waals surface area (Å²) < 4.78 is 0. The maximum Gasteiger partial charge on any atom is 0.161 e. The van der Waals surface area contributed by atoms with Crippen molar-refractivity contribution in [2.24, 2.45) is 17.8 Å². The molecule has 0 aromatic rings. The van der Waals surface area contributed by atoms with Gasteiger partial charge in [0.25, 0.3) is 0 Å². The molecule has 4 atom stereocenters. The fourth-order valence-electron chi connectivity index (χ4n) is 3.28. The van der Waals surface area contributed by atoms with Gasteiger partial charge in [0.05, 0.1) is 0 Å². The van der Waals surface area contributed by atoms with Gasteiger partial charge in [0, 0.05) is 12.0 Å². The number of rotatable bonds is 0. The van der Waals surface area contributed by atoms with Crippen molar-refractivity contribution in [2.75, 3.05) is 13.6 Å². The minimum absolute atomic E-state index is 0.206. The molecule has 0 amide bonds. The Balaban J connectivity index is 2.35. The number of hydrogen-bond donors (Lipinski definition) is 0. The number of fused-ring (bicyclic) bond motifs is 1. The second kappa shape index (κ2) is 3.75. The molecule has 0 aromatic carbocycles. The molecule has 0 bridgehead atoms. The lowest BCUT2D eigenvalue weighted by atomic mass is 9.68. The van der Waals surface area contributed by atoms with Gasteiger partial charge >= 0.3 is 0 Å². The van der Waals surface area contributed by atoms with E-state index in [-0.39, 0.29) is 5.92 Å². The number of carbonyl (C=O) groups is 1. The van der Waals surface area contributed by atoms with Crippen LogP contribution in [-0.2, 0) is 4.79 Å². The Labute approximate surface area is 92.3 Å². The van der Waals surface area contributed by atoms with Crippen LogP contribution in [0, 0.1) is 17.8 Å². The van der Waals surface area contributed by atoms with Gasteiger partial charge in [0.15, 0.2) is 5.78 Å². The summed E-state index contributed by atoms with van der Waals surface area (Å²) in [6.07, 6.45) is 3.41. The first-order valence-electron chi connectivity index (χ1n) is 5.95. The van der Waals surface area contributed by atoms with Crippen LogP contribution >= 0.6 is 0 Å². The molecule has 1 fully saturated rings. The minimum Gasteiger partial charge on any atom is -0.300 e. The Bertz CT molecular complexity index is 308. The Morgan fingerprint density at radius 2 is 2.07 bits per heavy atom. The van der Waals surface area contributed by atoms with Crippen molar-refractivity contribution < 1.29 is 4.79 Å². The number of hydrogen-bond acceptors (Lipinski definition) is 2. The molecule has 1 heterocycles. The highest BCUT2D eigenvalue weighted by molar-refractivity contribution is 5.97. The summed E-state index contributed by atoms with van der Waals surface area (Å²) in [5.74, 6) is 1.77. The van der Waals surface area contributed by atoms with Crippen molar-refractivity contribution in [3.63, 3.8) is 0 Å². The smallest absolute Gasteiger partial charge is 0.161 e. The van der Waals surface area contributed by atoms with Gasteiger partial charge in [-0.25, -0.2) is 0 Å². The molecule has 15 heavy (non-hydrogen) atoms. The van der Waals surface area contributed by atoms with Crippen molar-refractivity contribution in [2.45, 2.75) is 33.2 Å². The molecule has 2 nitrogen and oxygen atoms in total. The molecule has 0 aromatic heterocycles. The molecule has 1 saturated heterocycles. The molecule has 2 heteroatoms. The van der Waals surface area contributed by atoms with Crippen LogP contribution in [-0.4, -0.2) is 30.3 Å². The fourth-order valence-corrected chi connectivity index (χ4v) is 3.28. The third-order valence-corrected chi connectivity index (χ3v) is 4.30. The molecule has 1 aliphatic carbocycles. The normalized spacial score (nSPS) is 42.4. The Kier molecular flexibility index (Phi) is 2.72. The van der Waals surface area contributed by atoms with E-state index in [4.69, 9.17) is 0 Å². The number of carbonyl (C=O) groups excluding carboxylic acids is 1. The monoisotopic (exact) mass is 207 g/mol. The summed E-state index contributed by atoms with van der Waals surface area (Å²) in [7, 11) is 2.18. The Morgan fingerprint density at radius 1 is 1.40 bits per heavy atom. The number of allylic oxidation sites excluding steroid dienone is 1. The minimum atomic E-state index is 0.206. The summed E-state index contributed by atoms with van der Waals surface area (Å²) >= 11 is 0. The van der Waals surface area contributed by atoms with Crippen LogP contribution in [0.2, 0.25) is 0 Å². The van der Waals surface area contributed by atoms with E-state index in [2.05, 4.69) is 31.9 Å². The zero-order valence-corrected chi connectivity index (χ0v) is 10.2. The molecule has 84 valence electrons. The van der Waals surface area contributed by atoms with Crippen LogP contribution in [0.1, 0.15) is 27.2 Å². The van der Waals surface area contributed by atoms with E-state index in [1.54, 1.807) is 0 Å². The standard InChI is InChI=1S/C13H21NO/c1-8-5-6-14(4)11-7-9(2)13(15)10(3)12(8)11/h7-8,10-12H,5-6H2,1-4H3. The molecule has 0 radical (unpaired) electrons. The lowest BCUT2D eigenvalue weighted by Gasteiger charge is -2.46. The quantitative estimate of drug-likeness (QED) is 0.606. The number of likely N-dealkylation sites (tertiary alicyclic amines) is 1. The summed E-state index contributed by atoms with van der Waals surface area (Å²) in [6, 6.07) is 0.487. The highest BCUT2D eigenvalue weighted by atomic mass is 16.1. The van der Waals surface area contributed by atoms with E-state index in [0.29, 0.717) is 23.7 Å². The first-order chi connectivity index (χ1) is 7.02. The van der Waals surface area contributed by atoms with Crippen LogP contribution in [0.25, 0.3) is 0 Å². The number of Topliss-reactive ketones (excluding diaryl/α,β-unsaturated/α-hetero) is 1. The van der Waals surface area contributed by atoms with Gasteiger partial charge in [0.2, 0.25) is 0 Å². The number of piperidine rings is 1. The highest BCUT2D eigenvalue weighted by Gasteiger charge is 2.42. The van der Waals surface area contributed by atoms with Crippen molar-refractivity contribution in [1.82, 2.24) is 4.90 Å². The number of ketones is 1. The first-order valence-corrected chi connectivity index (χ1v) is 5.95. The second-order valence-corrected chi connectivity index (χ2v) is 5.32. The van der Waals surface area contributed by atoms with Gasteiger partial charge in [-0.15, -0.1) is 0 Å². The largest absolute Gasteiger partial charge is 0.300 e. The zero-order valence-electron chi connectivity index (χ0n) is 10.2. The predicted octanol–water partition coefficient (Wildman–Crippen LogP) is 2.11. The summed E-state index contributed by atoms with van der Waals surface area (Å²) in [5.41, 5.74) is 0.963. The van der Waals surface area contributed by atoms with Gasteiger partial charge < -0.3 is 0 Å². The van der Waals surface area contributed by atoms with Crippen LogP contribution in [0.4, 0.5) is 0 Å². The van der Waals surface area contributed by atoms with Gasteiger partial charge in [-0.05, 0) is 44.3 Å². The summed E-state index contributed by atoms with van der Waals surface area (Å²) in [6.45, 7) is 7.52. The topological polar surface area (TPSA) is 20.3 Å². The Hall–Kier alpha value is -0.630. The van der Waals surface area contributed by atoms with Crippen LogP contribution < -0.4 is 0 Å². The SMILES string of the molecule is CC1=CC2C(C(C)CCN2C)C(C)C1=O. The molecule has 0 spiro atoms. The van der Waals surface area contributed by atoms with Crippen LogP contribution in [0.3, 0.4) is 0 Å². The van der Waals surface area contributed by atoms with Gasteiger partial charge in [0.1, 0.15) is 0 Å². The molecule has 4 unspecified atom stereocenters. The molecule has 0 N–H and O–H groups in total. The average molecular weight is 207 g/mol. The summed E-state index contributed by atoms with van der Waals surface area (Å²) in [4.78, 5) is 14.3. The van der Waals surface area contributed by atoms with E-state index in [1.807, 2.05) is 6.92 Å². The lowest BCUT2D eigenvalue weighted by molar-refractivity contribution is -0.123. The van der Waals surface area contributed by atoms with Gasteiger partial charge in [-0.1, -0.05) is 19.9 Å². The van der Waals surface area contributed by atoms with E-state index in [1.165, 1.54) is 6.42 Å². The Morgan fingerprint density at radius 3 is 2.73 bits per heavy atom. The first kappa shape index (κ1) is 10.9. The van der Waals surface area contributed by atoms with E-state index >= 15 is 0 Å². The van der Waals surface area contributed by atoms with Crippen LogP contribution in [0.5, 0.6) is 0 Å². The summed E-state index contributed by atoms with van der Waals surface area (Å²) in [5, 5.41) is 0. The van der Waals surface area contributed by atoms with E-state index in [0.717, 1.165) is 12.1 Å². The highest BCUT2D eigenvalue weighted by Crippen LogP contribution is 2.39. The van der Waals surface area contributed by atoms with Crippen molar-refractivity contribution in [1.29, 1.82) is 0 Å². The second-order valence-electron chi connectivity index (χ2n) is 5.32. The number of nitrogens with zero attached hydrogens (tertiary/aromatic N) is 1. The third kappa shape index (κ3) is 1.65. The maximum absolute atomic E-state index is 11.9. The lowest BCUT2D eigenvalue weighted by Crippen LogP contribution is -2.51. The molecule has 1 aliphatic heterocycles. The predicted molar refractivity (Wildman–Crippen MR) is 61.6 cm³/mol. The molecular weight excluding hydrogens is 186 g/mol. The molecule has 0 saturated carbocycles. The zero-order chi connectivity index (χ0) is 11.2. The van der Waals surface area contributed by atoms with E-state index in [9.17, 15) is 4.79 Å². The molecule has 2 aliphatic rings. The maximum atomic E-state index is 11.9. The third-order valence-electron chi connectivity index (χ3n) is 4.30. The van der Waals surface area contributed by atoms with Gasteiger partial charge in [-0.2, -0.15) is 0 Å². The van der Waals surface area contributed by atoms with Crippen molar-refractivity contribution in [3.05, 3.63) is 11.6 Å².